The van der Waals surface area contributed by atoms with Gasteiger partial charge >= 0.3 is 6.18 Å². The molecule has 21 heavy (non-hydrogen) atoms. The third-order valence-electron chi connectivity index (χ3n) is 3.52. The zero-order chi connectivity index (χ0) is 15.5. The highest BCUT2D eigenvalue weighted by molar-refractivity contribution is 5.98. The van der Waals surface area contributed by atoms with E-state index in [0.717, 1.165) is 37.9 Å². The molecule has 1 amide bonds. The first-order valence-electron chi connectivity index (χ1n) is 6.86. The number of carbonyl (C=O) groups is 1. The van der Waals surface area contributed by atoms with Crippen LogP contribution in [0.25, 0.3) is 0 Å². The first-order chi connectivity index (χ1) is 9.88. The SMILES string of the molecule is NC(=O)c1cc(C(F)(F)F)ccc1NC1CCCCNC1. The lowest BCUT2D eigenvalue weighted by molar-refractivity contribution is -0.137. The van der Waals surface area contributed by atoms with E-state index in [1.54, 1.807) is 0 Å². The fourth-order valence-electron chi connectivity index (χ4n) is 2.41. The number of alkyl halides is 3. The Morgan fingerprint density at radius 3 is 2.76 bits per heavy atom. The summed E-state index contributed by atoms with van der Waals surface area (Å²) in [4.78, 5) is 11.4. The maximum Gasteiger partial charge on any atom is 0.416 e. The molecule has 1 unspecified atom stereocenters. The number of benzene rings is 1. The summed E-state index contributed by atoms with van der Waals surface area (Å²) in [5.41, 5.74) is 4.55. The molecule has 1 heterocycles. The molecule has 1 atom stereocenters. The van der Waals surface area contributed by atoms with Crippen LogP contribution in [0.15, 0.2) is 18.2 Å². The molecule has 0 spiro atoms. The van der Waals surface area contributed by atoms with Crippen molar-refractivity contribution in [2.75, 3.05) is 18.4 Å². The van der Waals surface area contributed by atoms with Crippen molar-refractivity contribution in [1.82, 2.24) is 5.32 Å². The molecule has 4 N–H and O–H groups in total. The Morgan fingerprint density at radius 2 is 2.10 bits per heavy atom. The summed E-state index contributed by atoms with van der Waals surface area (Å²) in [6.07, 6.45) is -1.51. The highest BCUT2D eigenvalue weighted by Crippen LogP contribution is 2.32. The summed E-state index contributed by atoms with van der Waals surface area (Å²) in [5, 5.41) is 6.36. The Morgan fingerprint density at radius 1 is 1.33 bits per heavy atom. The van der Waals surface area contributed by atoms with Gasteiger partial charge in [-0.1, -0.05) is 6.42 Å². The zero-order valence-electron chi connectivity index (χ0n) is 11.5. The van der Waals surface area contributed by atoms with E-state index in [0.29, 0.717) is 12.2 Å². The van der Waals surface area contributed by atoms with Crippen molar-refractivity contribution in [2.45, 2.75) is 31.5 Å². The molecule has 1 aliphatic heterocycles. The molecular weight excluding hydrogens is 283 g/mol. The first-order valence-corrected chi connectivity index (χ1v) is 6.86. The van der Waals surface area contributed by atoms with Gasteiger partial charge in [0.1, 0.15) is 0 Å². The van der Waals surface area contributed by atoms with Gasteiger partial charge in [0.15, 0.2) is 0 Å². The summed E-state index contributed by atoms with van der Waals surface area (Å²) in [7, 11) is 0. The Bertz CT molecular complexity index is 509. The molecule has 116 valence electrons. The predicted molar refractivity (Wildman–Crippen MR) is 74.1 cm³/mol. The van der Waals surface area contributed by atoms with Gasteiger partial charge in [0.25, 0.3) is 5.91 Å². The summed E-state index contributed by atoms with van der Waals surface area (Å²) >= 11 is 0. The molecule has 0 radical (unpaired) electrons. The van der Waals surface area contributed by atoms with Crippen molar-refractivity contribution >= 4 is 11.6 Å². The Hall–Kier alpha value is -1.76. The van der Waals surface area contributed by atoms with Crippen LogP contribution < -0.4 is 16.4 Å². The number of halogens is 3. The summed E-state index contributed by atoms with van der Waals surface area (Å²) in [6, 6.07) is 3.10. The smallest absolute Gasteiger partial charge is 0.380 e. The molecule has 1 aromatic rings. The summed E-state index contributed by atoms with van der Waals surface area (Å²) in [6.45, 7) is 1.63. The zero-order valence-corrected chi connectivity index (χ0v) is 11.5. The van der Waals surface area contributed by atoms with E-state index < -0.39 is 17.6 Å². The van der Waals surface area contributed by atoms with Crippen molar-refractivity contribution in [2.24, 2.45) is 5.73 Å². The van der Waals surface area contributed by atoms with Crippen molar-refractivity contribution < 1.29 is 18.0 Å². The van der Waals surface area contributed by atoms with Crippen molar-refractivity contribution in [1.29, 1.82) is 0 Å². The van der Waals surface area contributed by atoms with Gasteiger partial charge in [-0.05, 0) is 37.6 Å². The van der Waals surface area contributed by atoms with E-state index in [1.807, 2.05) is 0 Å². The molecule has 0 aliphatic carbocycles. The Balaban J connectivity index is 2.24. The number of carbonyl (C=O) groups excluding carboxylic acids is 1. The van der Waals surface area contributed by atoms with Crippen LogP contribution in [0, 0.1) is 0 Å². The first kappa shape index (κ1) is 15.6. The number of anilines is 1. The van der Waals surface area contributed by atoms with Crippen molar-refractivity contribution in [3.05, 3.63) is 29.3 Å². The molecular formula is C14H18F3N3O. The van der Waals surface area contributed by atoms with Crippen LogP contribution in [0.4, 0.5) is 18.9 Å². The van der Waals surface area contributed by atoms with Gasteiger partial charge in [0.05, 0.1) is 11.1 Å². The second-order valence-electron chi connectivity index (χ2n) is 5.16. The van der Waals surface area contributed by atoms with Crippen LogP contribution in [0.3, 0.4) is 0 Å². The lowest BCUT2D eigenvalue weighted by Crippen LogP contribution is -2.32. The highest BCUT2D eigenvalue weighted by Gasteiger charge is 2.31. The third-order valence-corrected chi connectivity index (χ3v) is 3.52. The van der Waals surface area contributed by atoms with Gasteiger partial charge in [-0.25, -0.2) is 0 Å². The monoisotopic (exact) mass is 301 g/mol. The maximum absolute atomic E-state index is 12.7. The van der Waals surface area contributed by atoms with Crippen LogP contribution in [-0.2, 0) is 6.18 Å². The molecule has 1 fully saturated rings. The molecule has 0 aromatic heterocycles. The number of rotatable bonds is 3. The van der Waals surface area contributed by atoms with Crippen LogP contribution in [0.1, 0.15) is 35.2 Å². The van der Waals surface area contributed by atoms with Gasteiger partial charge < -0.3 is 16.4 Å². The standard InChI is InChI=1S/C14H18F3N3O/c15-14(16,17)9-4-5-12(11(7-9)13(18)21)20-10-3-1-2-6-19-8-10/h4-5,7,10,19-20H,1-3,6,8H2,(H2,18,21). The molecule has 1 saturated heterocycles. The lowest BCUT2D eigenvalue weighted by atomic mass is 10.1. The highest BCUT2D eigenvalue weighted by atomic mass is 19.4. The summed E-state index contributed by atoms with van der Waals surface area (Å²) < 4.78 is 38.1. The second-order valence-corrected chi connectivity index (χ2v) is 5.16. The van der Waals surface area contributed by atoms with E-state index >= 15 is 0 Å². The molecule has 2 rings (SSSR count). The third kappa shape index (κ3) is 4.10. The lowest BCUT2D eigenvalue weighted by Gasteiger charge is -2.20. The van der Waals surface area contributed by atoms with E-state index in [-0.39, 0.29) is 11.6 Å². The summed E-state index contributed by atoms with van der Waals surface area (Å²) in [5.74, 6) is -0.870. The van der Waals surface area contributed by atoms with Crippen LogP contribution >= 0.6 is 0 Å². The number of hydrogen-bond acceptors (Lipinski definition) is 3. The predicted octanol–water partition coefficient (Wildman–Crippen LogP) is 2.36. The van der Waals surface area contributed by atoms with Crippen molar-refractivity contribution in [3.63, 3.8) is 0 Å². The molecule has 0 saturated carbocycles. The quantitative estimate of drug-likeness (QED) is 0.803. The van der Waals surface area contributed by atoms with Crippen molar-refractivity contribution in [3.8, 4) is 0 Å². The topological polar surface area (TPSA) is 67.2 Å². The van der Waals surface area contributed by atoms with E-state index in [4.69, 9.17) is 5.73 Å². The van der Waals surface area contributed by atoms with E-state index in [9.17, 15) is 18.0 Å². The molecule has 1 aromatic carbocycles. The number of hydrogen-bond donors (Lipinski definition) is 3. The Labute approximate surface area is 120 Å². The molecule has 1 aliphatic rings. The van der Waals surface area contributed by atoms with Gasteiger partial charge in [0, 0.05) is 18.3 Å². The van der Waals surface area contributed by atoms with Crippen LogP contribution in [-0.4, -0.2) is 25.0 Å². The molecule has 4 nitrogen and oxygen atoms in total. The van der Waals surface area contributed by atoms with Gasteiger partial charge in [0.2, 0.25) is 0 Å². The van der Waals surface area contributed by atoms with E-state index in [1.165, 1.54) is 6.07 Å². The minimum atomic E-state index is -4.49. The minimum Gasteiger partial charge on any atom is -0.380 e. The van der Waals surface area contributed by atoms with Gasteiger partial charge in [-0.2, -0.15) is 13.2 Å². The van der Waals surface area contributed by atoms with Gasteiger partial charge in [-0.15, -0.1) is 0 Å². The number of primary amides is 1. The fourth-order valence-corrected chi connectivity index (χ4v) is 2.41. The van der Waals surface area contributed by atoms with Gasteiger partial charge in [-0.3, -0.25) is 4.79 Å². The molecule has 7 heteroatoms. The normalized spacial score (nSPS) is 19.9. The average molecular weight is 301 g/mol. The maximum atomic E-state index is 12.7. The molecule has 0 bridgehead atoms. The Kier molecular flexibility index (Phi) is 4.72. The largest absolute Gasteiger partial charge is 0.416 e. The second kappa shape index (κ2) is 6.34. The average Bonchev–Trinajstić information content (AvgIpc) is 2.66. The number of nitrogens with one attached hydrogen (secondary N) is 2. The van der Waals surface area contributed by atoms with Crippen LogP contribution in [0.2, 0.25) is 0 Å². The fraction of sp³-hybridized carbons (Fsp3) is 0.500. The number of nitrogens with two attached hydrogens (primary N) is 1. The van der Waals surface area contributed by atoms with Crippen LogP contribution in [0.5, 0.6) is 0 Å². The number of amides is 1. The minimum absolute atomic E-state index is 0.0716. The van der Waals surface area contributed by atoms with E-state index in [2.05, 4.69) is 10.6 Å².